The number of alkyl halides is 3. The van der Waals surface area contributed by atoms with Gasteiger partial charge in [-0.25, -0.2) is 0 Å². The molecule has 2 fully saturated rings. The van der Waals surface area contributed by atoms with Crippen molar-refractivity contribution in [1.82, 2.24) is 0 Å². The van der Waals surface area contributed by atoms with E-state index in [-0.39, 0.29) is 17.8 Å². The van der Waals surface area contributed by atoms with Gasteiger partial charge in [0.25, 0.3) is 0 Å². The molecule has 0 aliphatic heterocycles. The zero-order valence-electron chi connectivity index (χ0n) is 32.6. The molecule has 8 atom stereocenters. The maximum atomic E-state index is 13.0. The summed E-state index contributed by atoms with van der Waals surface area (Å²) in [5, 5.41) is 32.3. The second-order valence-electron chi connectivity index (χ2n) is 19.2. The van der Waals surface area contributed by atoms with Crippen LogP contribution in [0.2, 0.25) is 0 Å². The van der Waals surface area contributed by atoms with Gasteiger partial charge in [-0.2, -0.15) is 13.2 Å². The minimum Gasteiger partial charge on any atom is -0.390 e. The molecule has 0 radical (unpaired) electrons. The van der Waals surface area contributed by atoms with Crippen LogP contribution >= 0.6 is 0 Å². The highest BCUT2D eigenvalue weighted by Crippen LogP contribution is 2.59. The van der Waals surface area contributed by atoms with E-state index in [0.717, 1.165) is 76.5 Å². The summed E-state index contributed by atoms with van der Waals surface area (Å²) < 4.78 is 39.1. The van der Waals surface area contributed by atoms with E-state index in [1.54, 1.807) is 5.57 Å². The molecule has 4 aliphatic rings. The van der Waals surface area contributed by atoms with E-state index in [9.17, 15) is 28.5 Å². The Balaban J connectivity index is 1.22. The van der Waals surface area contributed by atoms with Crippen LogP contribution in [0.5, 0.6) is 0 Å². The highest BCUT2D eigenvalue weighted by Gasteiger charge is 2.47. The smallest absolute Gasteiger partial charge is 0.389 e. The molecule has 3 nitrogen and oxygen atoms in total. The van der Waals surface area contributed by atoms with Crippen LogP contribution < -0.4 is 0 Å². The fourth-order valence-electron chi connectivity index (χ4n) is 10.1. The largest absolute Gasteiger partial charge is 0.390 e. The fourth-order valence-corrected chi connectivity index (χ4v) is 10.1. The van der Waals surface area contributed by atoms with Crippen LogP contribution in [-0.2, 0) is 0 Å². The molecule has 2 saturated carbocycles. The van der Waals surface area contributed by atoms with Crippen LogP contribution in [0.25, 0.3) is 0 Å². The summed E-state index contributed by atoms with van der Waals surface area (Å²) in [6, 6.07) is 0. The molecule has 3 N–H and O–H groups in total. The van der Waals surface area contributed by atoms with Gasteiger partial charge in [0.05, 0.1) is 18.3 Å². The molecule has 0 saturated heterocycles. The lowest BCUT2D eigenvalue weighted by Crippen LogP contribution is -2.29. The van der Waals surface area contributed by atoms with Gasteiger partial charge in [0.15, 0.2) is 0 Å². The summed E-state index contributed by atoms with van der Waals surface area (Å²) >= 11 is 0. The maximum absolute atomic E-state index is 13.0. The number of halogens is 3. The Bertz CT molecular complexity index is 1070. The minimum absolute atomic E-state index is 0.00594. The van der Waals surface area contributed by atoms with Crippen molar-refractivity contribution in [3.05, 3.63) is 23.3 Å². The number of aliphatic hydroxyl groups excluding tert-OH is 3. The van der Waals surface area contributed by atoms with Crippen LogP contribution in [0.3, 0.4) is 0 Å². The van der Waals surface area contributed by atoms with Crippen molar-refractivity contribution in [1.29, 1.82) is 0 Å². The van der Waals surface area contributed by atoms with Gasteiger partial charge < -0.3 is 15.3 Å². The Hall–Kier alpha value is -0.850. The first-order chi connectivity index (χ1) is 23.5. The molecular formula is C44H75F3O3. The van der Waals surface area contributed by atoms with Gasteiger partial charge in [0.2, 0.25) is 0 Å². The SMILES string of the molecule is CC1CC=C(C2(C[C@H](CC(C)CC3CC=C(C(O)CCC(C)(C)CC[C@@H](O)[C@H](O)CC4CCCC4)CC3)C[C@H](C)CCC(F)(F)F)CC2)CC1. The molecule has 0 spiro atoms. The number of hydrogen-bond acceptors (Lipinski definition) is 3. The van der Waals surface area contributed by atoms with Crippen molar-refractivity contribution < 1.29 is 28.5 Å². The molecule has 290 valence electrons. The lowest BCUT2D eigenvalue weighted by molar-refractivity contribution is -0.137. The van der Waals surface area contributed by atoms with Gasteiger partial charge in [-0.15, -0.1) is 0 Å². The number of aliphatic hydroxyl groups is 3. The standard InChI is InChI=1S/C44H75F3O3/c1-31-10-16-38(17-11-31)43(24-25-43)30-36(26-32(2)18-23-44(45,46)47)28-33(3)27-35-12-14-37(15-13-35)39(48)19-21-42(4,5)22-20-40(49)41(50)29-34-8-6-7-9-34/h14,16,31-36,39-41,48-50H,6-13,15,17-30H2,1-5H3/t31?,32-,33?,35?,36+,39?,40-,41-/m1/s1. The third-order valence-corrected chi connectivity index (χ3v) is 13.7. The van der Waals surface area contributed by atoms with E-state index < -0.39 is 30.9 Å². The van der Waals surface area contributed by atoms with Gasteiger partial charge >= 0.3 is 6.18 Å². The molecule has 0 heterocycles. The van der Waals surface area contributed by atoms with Gasteiger partial charge in [0, 0.05) is 6.42 Å². The second kappa shape index (κ2) is 19.0. The molecule has 0 aromatic heterocycles. The lowest BCUT2D eigenvalue weighted by atomic mass is 9.73. The van der Waals surface area contributed by atoms with Crippen molar-refractivity contribution in [2.45, 2.75) is 207 Å². The van der Waals surface area contributed by atoms with Gasteiger partial charge in [-0.3, -0.25) is 0 Å². The lowest BCUT2D eigenvalue weighted by Gasteiger charge is -2.33. The Morgan fingerprint density at radius 2 is 1.44 bits per heavy atom. The van der Waals surface area contributed by atoms with Gasteiger partial charge in [-0.1, -0.05) is 78.0 Å². The third-order valence-electron chi connectivity index (χ3n) is 13.7. The number of hydrogen-bond donors (Lipinski definition) is 3. The highest BCUT2D eigenvalue weighted by atomic mass is 19.4. The average molecular weight is 709 g/mol. The van der Waals surface area contributed by atoms with Crippen molar-refractivity contribution in [3.8, 4) is 0 Å². The normalized spacial score (nSPS) is 26.9. The number of rotatable bonds is 21. The highest BCUT2D eigenvalue weighted by molar-refractivity contribution is 5.24. The first-order valence-electron chi connectivity index (χ1n) is 21.0. The predicted molar refractivity (Wildman–Crippen MR) is 201 cm³/mol. The molecule has 50 heavy (non-hydrogen) atoms. The van der Waals surface area contributed by atoms with Crippen LogP contribution in [0.1, 0.15) is 182 Å². The van der Waals surface area contributed by atoms with E-state index in [1.165, 1.54) is 63.4 Å². The molecule has 0 bridgehead atoms. The maximum Gasteiger partial charge on any atom is 0.389 e. The zero-order valence-corrected chi connectivity index (χ0v) is 32.6. The van der Waals surface area contributed by atoms with E-state index in [1.807, 2.05) is 6.92 Å². The fraction of sp³-hybridized carbons (Fsp3) is 0.909. The Morgan fingerprint density at radius 1 is 0.760 bits per heavy atom. The van der Waals surface area contributed by atoms with Gasteiger partial charge in [-0.05, 0) is 167 Å². The topological polar surface area (TPSA) is 60.7 Å². The first-order valence-corrected chi connectivity index (χ1v) is 21.0. The monoisotopic (exact) mass is 709 g/mol. The van der Waals surface area contributed by atoms with E-state index >= 15 is 0 Å². The summed E-state index contributed by atoms with van der Waals surface area (Å²) in [4.78, 5) is 0. The van der Waals surface area contributed by atoms with Crippen molar-refractivity contribution in [3.63, 3.8) is 0 Å². The molecule has 4 unspecified atom stereocenters. The van der Waals surface area contributed by atoms with Crippen LogP contribution in [-0.4, -0.2) is 39.8 Å². The van der Waals surface area contributed by atoms with Crippen molar-refractivity contribution >= 4 is 0 Å². The Morgan fingerprint density at radius 3 is 2.04 bits per heavy atom. The number of allylic oxidation sites excluding steroid dienone is 3. The summed E-state index contributed by atoms with van der Waals surface area (Å²) in [6.45, 7) is 11.2. The zero-order chi connectivity index (χ0) is 36.5. The molecule has 4 rings (SSSR count). The molecule has 0 aromatic rings. The van der Waals surface area contributed by atoms with Gasteiger partial charge in [0.1, 0.15) is 0 Å². The molecule has 0 amide bonds. The van der Waals surface area contributed by atoms with E-state index in [4.69, 9.17) is 0 Å². The van der Waals surface area contributed by atoms with Crippen LogP contribution in [0.4, 0.5) is 13.2 Å². The molecular weight excluding hydrogens is 633 g/mol. The summed E-state index contributed by atoms with van der Waals surface area (Å²) in [7, 11) is 0. The first kappa shape index (κ1) is 41.9. The quantitative estimate of drug-likeness (QED) is 0.104. The minimum atomic E-state index is -4.07. The van der Waals surface area contributed by atoms with E-state index in [0.29, 0.717) is 35.5 Å². The van der Waals surface area contributed by atoms with Crippen LogP contribution in [0, 0.1) is 46.3 Å². The molecule has 6 heteroatoms. The Kier molecular flexibility index (Phi) is 15.9. The summed E-state index contributed by atoms with van der Waals surface area (Å²) in [5.41, 5.74) is 3.17. The molecule has 4 aliphatic carbocycles. The van der Waals surface area contributed by atoms with E-state index in [2.05, 4.69) is 39.8 Å². The second-order valence-corrected chi connectivity index (χ2v) is 19.2. The molecule has 0 aromatic carbocycles. The Labute approximate surface area is 304 Å². The predicted octanol–water partition coefficient (Wildman–Crippen LogP) is 12.3. The van der Waals surface area contributed by atoms with Crippen LogP contribution in [0.15, 0.2) is 23.3 Å². The van der Waals surface area contributed by atoms with Crippen molar-refractivity contribution in [2.24, 2.45) is 46.3 Å². The average Bonchev–Trinajstić information content (AvgIpc) is 3.65. The summed E-state index contributed by atoms with van der Waals surface area (Å²) in [5.74, 6) is 3.05. The summed E-state index contributed by atoms with van der Waals surface area (Å²) in [6.07, 6.45) is 20.8. The van der Waals surface area contributed by atoms with Crippen molar-refractivity contribution in [2.75, 3.05) is 0 Å². The third kappa shape index (κ3) is 14.2.